The number of halogens is 1. The summed E-state index contributed by atoms with van der Waals surface area (Å²) >= 11 is 8.09. The fraction of sp³-hybridized carbons (Fsp3) is 0.615. The van der Waals surface area contributed by atoms with E-state index in [0.717, 1.165) is 23.8 Å². The molecule has 0 spiro atoms. The predicted molar refractivity (Wildman–Crippen MR) is 83.7 cm³/mol. The van der Waals surface area contributed by atoms with Gasteiger partial charge in [0.15, 0.2) is 11.2 Å². The van der Waals surface area contributed by atoms with E-state index >= 15 is 0 Å². The number of methoxy groups -OCH3 is 1. The maximum absolute atomic E-state index is 6.26. The maximum Gasteiger partial charge on any atom is 0.245 e. The van der Waals surface area contributed by atoms with E-state index in [9.17, 15) is 0 Å². The number of ether oxygens (including phenoxy) is 1. The van der Waals surface area contributed by atoms with Gasteiger partial charge in [0, 0.05) is 6.54 Å². The summed E-state index contributed by atoms with van der Waals surface area (Å²) in [4.78, 5) is 13.0. The van der Waals surface area contributed by atoms with Crippen LogP contribution >= 0.6 is 23.4 Å². The molecule has 0 aliphatic rings. The highest BCUT2D eigenvalue weighted by Gasteiger charge is 2.20. The molecule has 2 aromatic heterocycles. The van der Waals surface area contributed by atoms with Crippen LogP contribution < -0.4 is 4.74 Å². The van der Waals surface area contributed by atoms with Gasteiger partial charge >= 0.3 is 0 Å². The van der Waals surface area contributed by atoms with Crippen LogP contribution in [0.3, 0.4) is 0 Å². The van der Waals surface area contributed by atoms with Gasteiger partial charge in [0.05, 0.1) is 12.5 Å². The van der Waals surface area contributed by atoms with E-state index in [1.807, 2.05) is 18.7 Å². The fourth-order valence-electron chi connectivity index (χ4n) is 2.21. The van der Waals surface area contributed by atoms with Crippen molar-refractivity contribution < 1.29 is 4.74 Å². The molecule has 2 unspecified atom stereocenters. The lowest BCUT2D eigenvalue weighted by Crippen LogP contribution is -2.13. The largest absolute Gasteiger partial charge is 0.479 e. The molecule has 0 fully saturated rings. The van der Waals surface area contributed by atoms with Crippen molar-refractivity contribution in [3.63, 3.8) is 0 Å². The average molecular weight is 315 g/mol. The van der Waals surface area contributed by atoms with Crippen LogP contribution in [0.25, 0.3) is 11.2 Å². The van der Waals surface area contributed by atoms with E-state index in [2.05, 4.69) is 32.7 Å². The first-order valence-electron chi connectivity index (χ1n) is 6.46. The topological polar surface area (TPSA) is 52.8 Å². The summed E-state index contributed by atoms with van der Waals surface area (Å²) in [5.41, 5.74) is 1.46. The van der Waals surface area contributed by atoms with Crippen molar-refractivity contribution in [2.24, 2.45) is 5.92 Å². The van der Waals surface area contributed by atoms with Gasteiger partial charge in [-0.05, 0) is 24.9 Å². The molecule has 7 heteroatoms. The van der Waals surface area contributed by atoms with E-state index in [1.165, 1.54) is 6.33 Å². The lowest BCUT2D eigenvalue weighted by Gasteiger charge is -2.14. The highest BCUT2D eigenvalue weighted by Crippen LogP contribution is 2.28. The Bertz CT molecular complexity index is 587. The Kier molecular flexibility index (Phi) is 5.10. The summed E-state index contributed by atoms with van der Waals surface area (Å²) in [6.45, 7) is 4.96. The second-order valence-corrected chi connectivity index (χ2v) is 6.38. The molecule has 0 amide bonds. The van der Waals surface area contributed by atoms with Crippen LogP contribution in [0.15, 0.2) is 6.33 Å². The second kappa shape index (κ2) is 6.63. The zero-order valence-corrected chi connectivity index (χ0v) is 13.7. The van der Waals surface area contributed by atoms with E-state index in [1.54, 1.807) is 7.11 Å². The average Bonchev–Trinajstić information content (AvgIpc) is 2.78. The lowest BCUT2D eigenvalue weighted by molar-refractivity contribution is 0.401. The molecule has 2 rings (SSSR count). The summed E-state index contributed by atoms with van der Waals surface area (Å²) in [5, 5.41) is -0.185. The van der Waals surface area contributed by atoms with Gasteiger partial charge in [-0.25, -0.2) is 9.97 Å². The standard InChI is InChI=1S/C13H19ClN4OS/c1-8(6-20-4)5-18-11(9(2)14)17-10-12(18)15-7-16-13(10)19-3/h7-9H,5-6H2,1-4H3. The Morgan fingerprint density at radius 2 is 2.15 bits per heavy atom. The molecule has 0 aliphatic heterocycles. The third kappa shape index (κ3) is 3.01. The molecule has 0 saturated heterocycles. The monoisotopic (exact) mass is 314 g/mol. The molecule has 0 saturated carbocycles. The molecular weight excluding hydrogens is 296 g/mol. The van der Waals surface area contributed by atoms with Gasteiger partial charge in [0.1, 0.15) is 12.2 Å². The summed E-state index contributed by atoms with van der Waals surface area (Å²) in [5.74, 6) is 2.90. The molecular formula is C13H19ClN4OS. The molecule has 0 bridgehead atoms. The number of thioether (sulfide) groups is 1. The van der Waals surface area contributed by atoms with Crippen molar-refractivity contribution in [2.45, 2.75) is 25.8 Å². The highest BCUT2D eigenvalue weighted by molar-refractivity contribution is 7.98. The molecule has 0 radical (unpaired) electrons. The van der Waals surface area contributed by atoms with Crippen molar-refractivity contribution in [1.29, 1.82) is 0 Å². The van der Waals surface area contributed by atoms with E-state index < -0.39 is 0 Å². The third-order valence-electron chi connectivity index (χ3n) is 3.02. The van der Waals surface area contributed by atoms with Crippen molar-refractivity contribution in [3.05, 3.63) is 12.2 Å². The molecule has 0 aliphatic carbocycles. The number of imidazole rings is 1. The number of hydrogen-bond donors (Lipinski definition) is 0. The Balaban J connectivity index is 2.52. The molecule has 20 heavy (non-hydrogen) atoms. The van der Waals surface area contributed by atoms with Gasteiger partial charge in [-0.2, -0.15) is 16.7 Å². The lowest BCUT2D eigenvalue weighted by atomic mass is 10.2. The van der Waals surface area contributed by atoms with Crippen LogP contribution in [0.5, 0.6) is 5.88 Å². The number of hydrogen-bond acceptors (Lipinski definition) is 5. The van der Waals surface area contributed by atoms with E-state index in [0.29, 0.717) is 17.3 Å². The molecule has 5 nitrogen and oxygen atoms in total. The van der Waals surface area contributed by atoms with Crippen LogP contribution in [0.2, 0.25) is 0 Å². The minimum absolute atomic E-state index is 0.185. The van der Waals surface area contributed by atoms with Crippen LogP contribution in [-0.4, -0.2) is 38.6 Å². The SMILES string of the molecule is COc1ncnc2c1nc(C(C)Cl)n2CC(C)CSC. The molecule has 110 valence electrons. The Labute approximate surface area is 128 Å². The quantitative estimate of drug-likeness (QED) is 0.767. The zero-order valence-electron chi connectivity index (χ0n) is 12.1. The summed E-state index contributed by atoms with van der Waals surface area (Å²) in [6.07, 6.45) is 3.61. The van der Waals surface area contributed by atoms with Crippen molar-refractivity contribution in [3.8, 4) is 5.88 Å². The van der Waals surface area contributed by atoms with Crippen molar-refractivity contribution >= 4 is 34.5 Å². The van der Waals surface area contributed by atoms with Crippen molar-refractivity contribution in [2.75, 3.05) is 19.1 Å². The summed E-state index contributed by atoms with van der Waals surface area (Å²) in [6, 6.07) is 0. The first kappa shape index (κ1) is 15.4. The van der Waals surface area contributed by atoms with Gasteiger partial charge in [0.2, 0.25) is 5.88 Å². The second-order valence-electron chi connectivity index (χ2n) is 4.81. The smallest absolute Gasteiger partial charge is 0.245 e. The van der Waals surface area contributed by atoms with Gasteiger partial charge < -0.3 is 9.30 Å². The summed E-state index contributed by atoms with van der Waals surface area (Å²) < 4.78 is 7.34. The van der Waals surface area contributed by atoms with Crippen LogP contribution in [0, 0.1) is 5.92 Å². The number of alkyl halides is 1. The van der Waals surface area contributed by atoms with E-state index in [4.69, 9.17) is 16.3 Å². The van der Waals surface area contributed by atoms with Crippen LogP contribution in [0.4, 0.5) is 0 Å². The number of nitrogens with zero attached hydrogens (tertiary/aromatic N) is 4. The summed E-state index contributed by atoms with van der Waals surface area (Å²) in [7, 11) is 1.58. The van der Waals surface area contributed by atoms with Gasteiger partial charge in [-0.3, -0.25) is 0 Å². The maximum atomic E-state index is 6.26. The number of aromatic nitrogens is 4. The minimum atomic E-state index is -0.185. The highest BCUT2D eigenvalue weighted by atomic mass is 35.5. The van der Waals surface area contributed by atoms with E-state index in [-0.39, 0.29) is 5.38 Å². The third-order valence-corrected chi connectivity index (χ3v) is 4.12. The Hall–Kier alpha value is -1.01. The Morgan fingerprint density at radius 1 is 1.40 bits per heavy atom. The number of fused-ring (bicyclic) bond motifs is 1. The predicted octanol–water partition coefficient (Wildman–Crippen LogP) is 3.13. The molecule has 0 aromatic carbocycles. The minimum Gasteiger partial charge on any atom is -0.479 e. The van der Waals surface area contributed by atoms with Crippen LogP contribution in [-0.2, 0) is 6.54 Å². The molecule has 2 atom stereocenters. The first-order valence-corrected chi connectivity index (χ1v) is 8.29. The van der Waals surface area contributed by atoms with Gasteiger partial charge in [0.25, 0.3) is 0 Å². The van der Waals surface area contributed by atoms with Crippen molar-refractivity contribution in [1.82, 2.24) is 19.5 Å². The number of rotatable bonds is 6. The molecule has 0 N–H and O–H groups in total. The first-order chi connectivity index (χ1) is 9.58. The molecule has 2 heterocycles. The fourth-order valence-corrected chi connectivity index (χ4v) is 3.06. The molecule has 2 aromatic rings. The Morgan fingerprint density at radius 3 is 2.75 bits per heavy atom. The van der Waals surface area contributed by atoms with Gasteiger partial charge in [-0.1, -0.05) is 6.92 Å². The zero-order chi connectivity index (χ0) is 14.7. The van der Waals surface area contributed by atoms with Gasteiger partial charge in [-0.15, -0.1) is 11.6 Å². The van der Waals surface area contributed by atoms with Crippen LogP contribution in [0.1, 0.15) is 25.0 Å². The normalized spacial score (nSPS) is 14.4.